The summed E-state index contributed by atoms with van der Waals surface area (Å²) in [5.74, 6) is 0. The molecule has 20 heavy (non-hydrogen) atoms. The van der Waals surface area contributed by atoms with Gasteiger partial charge in [0.25, 0.3) is 0 Å². The van der Waals surface area contributed by atoms with Crippen LogP contribution in [0.2, 0.25) is 0 Å². The van der Waals surface area contributed by atoms with Crippen molar-refractivity contribution in [1.29, 1.82) is 0 Å². The lowest BCUT2D eigenvalue weighted by atomic mass is 9.86. The van der Waals surface area contributed by atoms with Gasteiger partial charge in [-0.3, -0.25) is 0 Å². The third-order valence-corrected chi connectivity index (χ3v) is 3.80. The van der Waals surface area contributed by atoms with Crippen molar-refractivity contribution in [3.8, 4) is 0 Å². The minimum atomic E-state index is 0.273. The van der Waals surface area contributed by atoms with Gasteiger partial charge in [-0.05, 0) is 30.5 Å². The zero-order chi connectivity index (χ0) is 15.0. The van der Waals surface area contributed by atoms with E-state index in [1.54, 1.807) is 0 Å². The molecule has 0 bridgehead atoms. The third-order valence-electron chi connectivity index (χ3n) is 3.80. The van der Waals surface area contributed by atoms with Gasteiger partial charge in [-0.1, -0.05) is 59.2 Å². The monoisotopic (exact) mass is 276 g/mol. The normalized spacial score (nSPS) is 13.2. The number of nitrogens with one attached hydrogen (secondary N) is 1. The van der Waals surface area contributed by atoms with Gasteiger partial charge in [0.15, 0.2) is 0 Å². The minimum Gasteiger partial charge on any atom is -0.370 e. The van der Waals surface area contributed by atoms with E-state index in [2.05, 4.69) is 75.2 Å². The van der Waals surface area contributed by atoms with Crippen molar-refractivity contribution in [2.45, 2.75) is 53.5 Å². The highest BCUT2D eigenvalue weighted by Crippen LogP contribution is 2.23. The van der Waals surface area contributed by atoms with Crippen molar-refractivity contribution in [2.24, 2.45) is 5.41 Å². The summed E-state index contributed by atoms with van der Waals surface area (Å²) in [6.45, 7) is 14.7. The summed E-state index contributed by atoms with van der Waals surface area (Å²) < 4.78 is 0. The van der Waals surface area contributed by atoms with Gasteiger partial charge in [-0.25, -0.2) is 0 Å². The molecule has 1 atom stereocenters. The molecular weight excluding hydrogens is 244 g/mol. The molecule has 0 heterocycles. The molecule has 0 fully saturated rings. The first-order valence-electron chi connectivity index (χ1n) is 8.02. The van der Waals surface area contributed by atoms with Crippen molar-refractivity contribution < 1.29 is 0 Å². The van der Waals surface area contributed by atoms with Gasteiger partial charge in [0, 0.05) is 24.8 Å². The molecule has 0 aliphatic carbocycles. The number of hydrogen-bond donors (Lipinski definition) is 1. The van der Waals surface area contributed by atoms with Gasteiger partial charge >= 0.3 is 0 Å². The van der Waals surface area contributed by atoms with E-state index in [0.717, 1.165) is 19.6 Å². The van der Waals surface area contributed by atoms with Crippen LogP contribution in [0.3, 0.4) is 0 Å². The number of unbranched alkanes of at least 4 members (excludes halogenated alkanes) is 1. The summed E-state index contributed by atoms with van der Waals surface area (Å²) in [6.07, 6.45) is 2.49. The van der Waals surface area contributed by atoms with Crippen molar-refractivity contribution in [1.82, 2.24) is 5.32 Å². The van der Waals surface area contributed by atoms with Crippen molar-refractivity contribution in [3.63, 3.8) is 0 Å². The van der Waals surface area contributed by atoms with Gasteiger partial charge in [0.05, 0.1) is 0 Å². The predicted molar refractivity (Wildman–Crippen MR) is 90.5 cm³/mol. The molecule has 0 aromatic heterocycles. The van der Waals surface area contributed by atoms with E-state index in [-0.39, 0.29) is 5.41 Å². The molecule has 2 heteroatoms. The first-order valence-corrected chi connectivity index (χ1v) is 8.02. The van der Waals surface area contributed by atoms with Gasteiger partial charge in [0.2, 0.25) is 0 Å². The standard InChI is InChI=1S/C18H32N2/c1-6-8-14-20(16-12-10-9-11-13-16)15-17(19-7-2)18(3,4)5/h9-13,17,19H,6-8,14-15H2,1-5H3. The molecule has 0 saturated carbocycles. The summed E-state index contributed by atoms with van der Waals surface area (Å²) >= 11 is 0. The fourth-order valence-electron chi connectivity index (χ4n) is 2.42. The first kappa shape index (κ1) is 17.0. The maximum Gasteiger partial charge on any atom is 0.0366 e. The number of anilines is 1. The van der Waals surface area contributed by atoms with Gasteiger partial charge in [-0.2, -0.15) is 0 Å². The summed E-state index contributed by atoms with van der Waals surface area (Å²) in [7, 11) is 0. The SMILES string of the molecule is CCCCN(CC(NCC)C(C)(C)C)c1ccccc1. The lowest BCUT2D eigenvalue weighted by molar-refractivity contribution is 0.273. The van der Waals surface area contributed by atoms with E-state index in [9.17, 15) is 0 Å². The Balaban J connectivity index is 2.82. The molecule has 0 aliphatic heterocycles. The molecule has 1 unspecified atom stereocenters. The van der Waals surface area contributed by atoms with Crippen molar-refractivity contribution in [3.05, 3.63) is 30.3 Å². The Morgan fingerprint density at radius 2 is 1.75 bits per heavy atom. The van der Waals surface area contributed by atoms with Crippen LogP contribution in [0, 0.1) is 5.41 Å². The first-order chi connectivity index (χ1) is 9.49. The minimum absolute atomic E-state index is 0.273. The number of likely N-dealkylation sites (N-methyl/N-ethyl adjacent to an activating group) is 1. The fourth-order valence-corrected chi connectivity index (χ4v) is 2.42. The fraction of sp³-hybridized carbons (Fsp3) is 0.667. The Morgan fingerprint density at radius 1 is 1.10 bits per heavy atom. The molecule has 0 saturated heterocycles. The molecule has 1 aromatic rings. The molecule has 1 N–H and O–H groups in total. The Kier molecular flexibility index (Phi) is 7.08. The molecule has 1 rings (SSSR count). The zero-order valence-electron chi connectivity index (χ0n) is 13.9. The number of nitrogens with zero attached hydrogens (tertiary/aromatic N) is 1. The van der Waals surface area contributed by atoms with E-state index in [1.165, 1.54) is 18.5 Å². The zero-order valence-corrected chi connectivity index (χ0v) is 13.9. The second-order valence-corrected chi connectivity index (χ2v) is 6.61. The average Bonchev–Trinajstić information content (AvgIpc) is 2.42. The van der Waals surface area contributed by atoms with E-state index < -0.39 is 0 Å². The highest BCUT2D eigenvalue weighted by atomic mass is 15.2. The van der Waals surface area contributed by atoms with Crippen molar-refractivity contribution >= 4 is 5.69 Å². The average molecular weight is 276 g/mol. The highest BCUT2D eigenvalue weighted by molar-refractivity contribution is 5.46. The number of rotatable bonds is 8. The Morgan fingerprint density at radius 3 is 2.25 bits per heavy atom. The lowest BCUT2D eigenvalue weighted by Gasteiger charge is -2.37. The number of hydrogen-bond acceptors (Lipinski definition) is 2. The van der Waals surface area contributed by atoms with Gasteiger partial charge in [0.1, 0.15) is 0 Å². The quantitative estimate of drug-likeness (QED) is 0.761. The number of para-hydroxylation sites is 1. The maximum atomic E-state index is 3.66. The van der Waals surface area contributed by atoms with Crippen molar-refractivity contribution in [2.75, 3.05) is 24.5 Å². The Bertz CT molecular complexity index is 353. The predicted octanol–water partition coefficient (Wildman–Crippen LogP) is 4.32. The van der Waals surface area contributed by atoms with E-state index in [0.29, 0.717) is 6.04 Å². The van der Waals surface area contributed by atoms with Crippen LogP contribution in [0.4, 0.5) is 5.69 Å². The second-order valence-electron chi connectivity index (χ2n) is 6.61. The van der Waals surface area contributed by atoms with Crippen LogP contribution < -0.4 is 10.2 Å². The lowest BCUT2D eigenvalue weighted by Crippen LogP contribution is -2.49. The Labute approximate surface area is 125 Å². The van der Waals surface area contributed by atoms with Crippen LogP contribution in [0.1, 0.15) is 47.5 Å². The van der Waals surface area contributed by atoms with Crippen LogP contribution in [-0.2, 0) is 0 Å². The summed E-state index contributed by atoms with van der Waals surface area (Å²) in [5, 5.41) is 3.66. The van der Waals surface area contributed by atoms with E-state index >= 15 is 0 Å². The third kappa shape index (κ3) is 5.54. The number of benzene rings is 1. The molecule has 0 radical (unpaired) electrons. The molecule has 0 spiro atoms. The van der Waals surface area contributed by atoms with Crippen LogP contribution in [-0.4, -0.2) is 25.7 Å². The molecule has 0 amide bonds. The van der Waals surface area contributed by atoms with Crippen LogP contribution in [0.25, 0.3) is 0 Å². The van der Waals surface area contributed by atoms with Gasteiger partial charge < -0.3 is 10.2 Å². The van der Waals surface area contributed by atoms with Crippen LogP contribution >= 0.6 is 0 Å². The largest absolute Gasteiger partial charge is 0.370 e. The van der Waals surface area contributed by atoms with Crippen LogP contribution in [0.5, 0.6) is 0 Å². The van der Waals surface area contributed by atoms with E-state index in [1.807, 2.05) is 0 Å². The summed E-state index contributed by atoms with van der Waals surface area (Å²) in [5.41, 5.74) is 1.61. The topological polar surface area (TPSA) is 15.3 Å². The molecule has 1 aromatic carbocycles. The van der Waals surface area contributed by atoms with Crippen LogP contribution in [0.15, 0.2) is 30.3 Å². The molecular formula is C18H32N2. The summed E-state index contributed by atoms with van der Waals surface area (Å²) in [6, 6.07) is 11.3. The highest BCUT2D eigenvalue weighted by Gasteiger charge is 2.25. The maximum absolute atomic E-state index is 3.66. The Hall–Kier alpha value is -1.02. The molecule has 114 valence electrons. The molecule has 0 aliphatic rings. The summed E-state index contributed by atoms with van der Waals surface area (Å²) in [4.78, 5) is 2.53. The van der Waals surface area contributed by atoms with E-state index in [4.69, 9.17) is 0 Å². The second kappa shape index (κ2) is 8.31. The smallest absolute Gasteiger partial charge is 0.0366 e. The molecule has 2 nitrogen and oxygen atoms in total. The van der Waals surface area contributed by atoms with Gasteiger partial charge in [-0.15, -0.1) is 0 Å².